The highest BCUT2D eigenvalue weighted by Crippen LogP contribution is 2.21. The zero-order valence-electron chi connectivity index (χ0n) is 8.76. The van der Waals surface area contributed by atoms with E-state index in [9.17, 15) is 0 Å². The first-order valence-corrected chi connectivity index (χ1v) is 5.27. The fourth-order valence-electron chi connectivity index (χ4n) is 1.94. The summed E-state index contributed by atoms with van der Waals surface area (Å²) < 4.78 is 5.78. The summed E-state index contributed by atoms with van der Waals surface area (Å²) in [5.41, 5.74) is 7.15. The van der Waals surface area contributed by atoms with E-state index in [0.717, 1.165) is 12.8 Å². The van der Waals surface area contributed by atoms with Crippen molar-refractivity contribution in [1.82, 2.24) is 0 Å². The number of benzene rings is 1. The molecule has 1 aliphatic rings. The fourth-order valence-corrected chi connectivity index (χ4v) is 1.94. The first kappa shape index (κ1) is 12.5. The van der Waals surface area contributed by atoms with Gasteiger partial charge in [0.15, 0.2) is 0 Å². The average Bonchev–Trinajstić information content (AvgIpc) is 2.63. The summed E-state index contributed by atoms with van der Waals surface area (Å²) in [6.07, 6.45) is 3.71. The third-order valence-electron chi connectivity index (χ3n) is 2.81. The first-order valence-electron chi connectivity index (χ1n) is 5.27. The van der Waals surface area contributed by atoms with Gasteiger partial charge in [-0.1, -0.05) is 30.3 Å². The van der Waals surface area contributed by atoms with Gasteiger partial charge in [0.2, 0.25) is 0 Å². The molecule has 3 heteroatoms. The molecule has 0 bridgehead atoms. The largest absolute Gasteiger partial charge is 0.372 e. The van der Waals surface area contributed by atoms with Gasteiger partial charge in [0, 0.05) is 6.04 Å². The van der Waals surface area contributed by atoms with Crippen LogP contribution < -0.4 is 5.73 Å². The molecule has 0 spiro atoms. The van der Waals surface area contributed by atoms with E-state index in [2.05, 4.69) is 12.1 Å². The van der Waals surface area contributed by atoms with Gasteiger partial charge in [0.05, 0.1) is 12.7 Å². The van der Waals surface area contributed by atoms with Crippen LogP contribution in [-0.2, 0) is 11.3 Å². The van der Waals surface area contributed by atoms with E-state index in [-0.39, 0.29) is 24.6 Å². The Morgan fingerprint density at radius 2 is 1.93 bits per heavy atom. The standard InChI is InChI=1S/C12H17NO.ClH/c13-11-7-4-8-12(11)14-9-10-5-2-1-3-6-10;/h1-3,5-6,11-12H,4,7-9,13H2;1H. The normalized spacial score (nSPS) is 24.9. The molecule has 2 atom stereocenters. The second-order valence-corrected chi connectivity index (χ2v) is 3.93. The van der Waals surface area contributed by atoms with Crippen LogP contribution in [-0.4, -0.2) is 12.1 Å². The average molecular weight is 228 g/mol. The molecule has 1 saturated carbocycles. The maximum atomic E-state index is 5.92. The summed E-state index contributed by atoms with van der Waals surface area (Å²) in [7, 11) is 0. The smallest absolute Gasteiger partial charge is 0.0730 e. The molecule has 0 amide bonds. The van der Waals surface area contributed by atoms with Gasteiger partial charge in [0.1, 0.15) is 0 Å². The Hall–Kier alpha value is -0.570. The number of rotatable bonds is 3. The summed E-state index contributed by atoms with van der Waals surface area (Å²) in [6, 6.07) is 10.5. The first-order chi connectivity index (χ1) is 6.86. The van der Waals surface area contributed by atoms with Crippen LogP contribution in [0, 0.1) is 0 Å². The van der Waals surface area contributed by atoms with Gasteiger partial charge in [0.25, 0.3) is 0 Å². The van der Waals surface area contributed by atoms with E-state index in [1.165, 1.54) is 12.0 Å². The Morgan fingerprint density at radius 3 is 2.53 bits per heavy atom. The summed E-state index contributed by atoms with van der Waals surface area (Å²) in [5, 5.41) is 0. The molecule has 2 nitrogen and oxygen atoms in total. The number of hydrogen-bond acceptors (Lipinski definition) is 2. The van der Waals surface area contributed by atoms with E-state index in [0.29, 0.717) is 6.61 Å². The zero-order chi connectivity index (χ0) is 9.80. The molecule has 1 aliphatic carbocycles. The molecule has 0 aromatic heterocycles. The van der Waals surface area contributed by atoms with Crippen molar-refractivity contribution in [3.05, 3.63) is 35.9 Å². The second-order valence-electron chi connectivity index (χ2n) is 3.93. The molecule has 1 aromatic carbocycles. The topological polar surface area (TPSA) is 35.2 Å². The third-order valence-corrected chi connectivity index (χ3v) is 2.81. The van der Waals surface area contributed by atoms with Crippen LogP contribution in [0.4, 0.5) is 0 Å². The lowest BCUT2D eigenvalue weighted by Gasteiger charge is -2.16. The van der Waals surface area contributed by atoms with Crippen LogP contribution in [0.1, 0.15) is 24.8 Å². The molecular weight excluding hydrogens is 210 g/mol. The summed E-state index contributed by atoms with van der Waals surface area (Å²) in [5.74, 6) is 0. The lowest BCUT2D eigenvalue weighted by atomic mass is 10.2. The van der Waals surface area contributed by atoms with Gasteiger partial charge in [-0.25, -0.2) is 0 Å². The summed E-state index contributed by atoms with van der Waals surface area (Å²) >= 11 is 0. The van der Waals surface area contributed by atoms with E-state index in [1.54, 1.807) is 0 Å². The molecule has 15 heavy (non-hydrogen) atoms. The van der Waals surface area contributed by atoms with Crippen molar-refractivity contribution in [2.24, 2.45) is 5.73 Å². The molecule has 2 unspecified atom stereocenters. The lowest BCUT2D eigenvalue weighted by Crippen LogP contribution is -2.31. The molecule has 0 radical (unpaired) electrons. The lowest BCUT2D eigenvalue weighted by molar-refractivity contribution is 0.0357. The highest BCUT2D eigenvalue weighted by atomic mass is 35.5. The molecular formula is C12H18ClNO. The Bertz CT molecular complexity index is 278. The van der Waals surface area contributed by atoms with Gasteiger partial charge < -0.3 is 10.5 Å². The minimum absolute atomic E-state index is 0. The second kappa shape index (κ2) is 6.11. The molecule has 1 fully saturated rings. The van der Waals surface area contributed by atoms with Crippen molar-refractivity contribution in [1.29, 1.82) is 0 Å². The quantitative estimate of drug-likeness (QED) is 0.861. The van der Waals surface area contributed by atoms with E-state index < -0.39 is 0 Å². The van der Waals surface area contributed by atoms with Crippen molar-refractivity contribution in [3.63, 3.8) is 0 Å². The van der Waals surface area contributed by atoms with Gasteiger partial charge in [-0.05, 0) is 24.8 Å². The summed E-state index contributed by atoms with van der Waals surface area (Å²) in [4.78, 5) is 0. The number of halogens is 1. The van der Waals surface area contributed by atoms with Crippen LogP contribution in [0.5, 0.6) is 0 Å². The van der Waals surface area contributed by atoms with Crippen molar-refractivity contribution >= 4 is 12.4 Å². The minimum atomic E-state index is 0. The molecule has 0 heterocycles. The zero-order valence-corrected chi connectivity index (χ0v) is 9.58. The monoisotopic (exact) mass is 227 g/mol. The van der Waals surface area contributed by atoms with Crippen LogP contribution in [0.2, 0.25) is 0 Å². The fraction of sp³-hybridized carbons (Fsp3) is 0.500. The maximum Gasteiger partial charge on any atom is 0.0730 e. The van der Waals surface area contributed by atoms with E-state index in [4.69, 9.17) is 10.5 Å². The van der Waals surface area contributed by atoms with E-state index >= 15 is 0 Å². The highest BCUT2D eigenvalue weighted by molar-refractivity contribution is 5.85. The third kappa shape index (κ3) is 3.49. The number of nitrogens with two attached hydrogens (primary N) is 1. The Labute approximate surface area is 97.2 Å². The van der Waals surface area contributed by atoms with Crippen molar-refractivity contribution in [2.75, 3.05) is 0 Å². The van der Waals surface area contributed by atoms with Gasteiger partial charge in [-0.2, -0.15) is 0 Å². The van der Waals surface area contributed by atoms with Gasteiger partial charge in [-0.3, -0.25) is 0 Å². The minimum Gasteiger partial charge on any atom is -0.372 e. The van der Waals surface area contributed by atoms with Crippen LogP contribution in [0.25, 0.3) is 0 Å². The Morgan fingerprint density at radius 1 is 1.20 bits per heavy atom. The van der Waals surface area contributed by atoms with Gasteiger partial charge in [-0.15, -0.1) is 12.4 Å². The van der Waals surface area contributed by atoms with Crippen LogP contribution >= 0.6 is 12.4 Å². The van der Waals surface area contributed by atoms with E-state index in [1.807, 2.05) is 18.2 Å². The van der Waals surface area contributed by atoms with Crippen molar-refractivity contribution < 1.29 is 4.74 Å². The number of ether oxygens (including phenoxy) is 1. The molecule has 2 rings (SSSR count). The maximum absolute atomic E-state index is 5.92. The molecule has 2 N–H and O–H groups in total. The van der Waals surface area contributed by atoms with Crippen molar-refractivity contribution in [2.45, 2.75) is 38.0 Å². The molecule has 84 valence electrons. The SMILES string of the molecule is Cl.NC1CCCC1OCc1ccccc1. The van der Waals surface area contributed by atoms with Crippen LogP contribution in [0.3, 0.4) is 0 Å². The number of hydrogen-bond donors (Lipinski definition) is 1. The molecule has 0 aliphatic heterocycles. The Balaban J connectivity index is 0.00000112. The predicted octanol–water partition coefficient (Wildman–Crippen LogP) is 2.50. The van der Waals surface area contributed by atoms with Crippen molar-refractivity contribution in [3.8, 4) is 0 Å². The molecule has 1 aromatic rings. The molecule has 0 saturated heterocycles. The van der Waals surface area contributed by atoms with Gasteiger partial charge >= 0.3 is 0 Å². The predicted molar refractivity (Wildman–Crippen MR) is 64.1 cm³/mol. The highest BCUT2D eigenvalue weighted by Gasteiger charge is 2.24. The van der Waals surface area contributed by atoms with Crippen LogP contribution in [0.15, 0.2) is 30.3 Å². The summed E-state index contributed by atoms with van der Waals surface area (Å²) in [6.45, 7) is 0.694. The Kier molecular flexibility index (Phi) is 5.09.